The van der Waals surface area contributed by atoms with Crippen molar-refractivity contribution in [2.75, 3.05) is 13.7 Å². The Balaban J connectivity index is 2.58. The van der Waals surface area contributed by atoms with E-state index in [1.165, 1.54) is 7.11 Å². The summed E-state index contributed by atoms with van der Waals surface area (Å²) in [5.74, 6) is 0. The fraction of sp³-hybridized carbons (Fsp3) is 1.00. The molecule has 1 rings (SSSR count). The summed E-state index contributed by atoms with van der Waals surface area (Å²) in [6.45, 7) is -0.321. The van der Waals surface area contributed by atoms with Crippen molar-refractivity contribution < 1.29 is 24.8 Å². The first-order chi connectivity index (χ1) is 6.19. The van der Waals surface area contributed by atoms with Gasteiger partial charge in [0.25, 0.3) is 0 Å². The topological polar surface area (TPSA) is 79.2 Å². The lowest BCUT2D eigenvalue weighted by molar-refractivity contribution is -0.185. The first-order valence-electron chi connectivity index (χ1n) is 4.34. The van der Waals surface area contributed by atoms with Crippen LogP contribution < -0.4 is 0 Å². The summed E-state index contributed by atoms with van der Waals surface area (Å²) < 4.78 is 10.2. The van der Waals surface area contributed by atoms with Crippen LogP contribution in [0.15, 0.2) is 0 Å². The summed E-state index contributed by atoms with van der Waals surface area (Å²) in [7, 11) is 1.49. The number of hydrogen-bond donors (Lipinski definition) is 3. The zero-order valence-electron chi connectivity index (χ0n) is 7.59. The lowest BCUT2D eigenvalue weighted by Gasteiger charge is -2.23. The highest BCUT2D eigenvalue weighted by molar-refractivity contribution is 4.79. The number of hydrogen-bond acceptors (Lipinski definition) is 5. The average molecular weight is 192 g/mol. The standard InChI is InChI=1S/C8H16O5/c1-12-7-3-2-5(10)8(11)6(4-9)13-7/h5-11H,2-4H2,1H3/t5-,6-,7-,8+/m1/s1. The molecule has 0 radical (unpaired) electrons. The predicted octanol–water partition coefficient (Wildman–Crippen LogP) is -1.15. The highest BCUT2D eigenvalue weighted by Crippen LogP contribution is 2.19. The Morgan fingerprint density at radius 3 is 2.62 bits per heavy atom. The quantitative estimate of drug-likeness (QED) is 0.515. The predicted molar refractivity (Wildman–Crippen MR) is 44.0 cm³/mol. The summed E-state index contributed by atoms with van der Waals surface area (Å²) >= 11 is 0. The van der Waals surface area contributed by atoms with Crippen LogP contribution in [0.4, 0.5) is 0 Å². The maximum atomic E-state index is 9.44. The second kappa shape index (κ2) is 4.88. The normalized spacial score (nSPS) is 41.5. The number of ether oxygens (including phenoxy) is 2. The molecule has 78 valence electrons. The van der Waals surface area contributed by atoms with Crippen LogP contribution in [0.25, 0.3) is 0 Å². The largest absolute Gasteiger partial charge is 0.394 e. The summed E-state index contributed by atoms with van der Waals surface area (Å²) in [4.78, 5) is 0. The Hall–Kier alpha value is -0.200. The molecule has 1 saturated heterocycles. The van der Waals surface area contributed by atoms with E-state index in [-0.39, 0.29) is 6.61 Å². The number of rotatable bonds is 2. The Kier molecular flexibility index (Phi) is 4.08. The molecule has 0 spiro atoms. The van der Waals surface area contributed by atoms with Crippen molar-refractivity contribution in [1.82, 2.24) is 0 Å². The van der Waals surface area contributed by atoms with Gasteiger partial charge >= 0.3 is 0 Å². The molecule has 4 atom stereocenters. The van der Waals surface area contributed by atoms with Crippen molar-refractivity contribution in [3.05, 3.63) is 0 Å². The van der Waals surface area contributed by atoms with Gasteiger partial charge in [0.05, 0.1) is 12.7 Å². The SMILES string of the molecule is CO[C@H]1CC[C@@H](O)[C@H](O)[C@@H](CO)O1. The number of aliphatic hydroxyl groups is 3. The summed E-state index contributed by atoms with van der Waals surface area (Å²) in [5.41, 5.74) is 0. The Labute approximate surface area is 76.9 Å². The maximum absolute atomic E-state index is 9.44. The van der Waals surface area contributed by atoms with Crippen LogP contribution in [0.1, 0.15) is 12.8 Å². The van der Waals surface area contributed by atoms with Gasteiger partial charge in [0.15, 0.2) is 6.29 Å². The Morgan fingerprint density at radius 1 is 1.38 bits per heavy atom. The Morgan fingerprint density at radius 2 is 2.08 bits per heavy atom. The molecule has 1 heterocycles. The minimum Gasteiger partial charge on any atom is -0.394 e. The van der Waals surface area contributed by atoms with Gasteiger partial charge in [-0.3, -0.25) is 0 Å². The highest BCUT2D eigenvalue weighted by Gasteiger charge is 2.32. The third kappa shape index (κ3) is 2.62. The van der Waals surface area contributed by atoms with E-state index in [1.807, 2.05) is 0 Å². The van der Waals surface area contributed by atoms with Gasteiger partial charge in [0, 0.05) is 13.5 Å². The molecule has 0 aromatic carbocycles. The minimum absolute atomic E-state index is 0.321. The molecule has 0 aromatic rings. The van der Waals surface area contributed by atoms with E-state index in [9.17, 15) is 10.2 Å². The first-order valence-corrected chi connectivity index (χ1v) is 4.34. The van der Waals surface area contributed by atoms with Gasteiger partial charge in [-0.15, -0.1) is 0 Å². The molecule has 1 aliphatic heterocycles. The number of methoxy groups -OCH3 is 1. The van der Waals surface area contributed by atoms with Gasteiger partial charge in [0.1, 0.15) is 12.2 Å². The summed E-state index contributed by atoms with van der Waals surface area (Å²) in [6.07, 6.45) is -2.17. The first kappa shape index (κ1) is 10.9. The molecule has 0 amide bonds. The van der Waals surface area contributed by atoms with Crippen LogP contribution in [-0.4, -0.2) is 53.6 Å². The van der Waals surface area contributed by atoms with E-state index >= 15 is 0 Å². The molecular weight excluding hydrogens is 176 g/mol. The van der Waals surface area contributed by atoms with Crippen LogP contribution in [-0.2, 0) is 9.47 Å². The molecule has 1 aliphatic rings. The van der Waals surface area contributed by atoms with Gasteiger partial charge in [0.2, 0.25) is 0 Å². The summed E-state index contributed by atoms with van der Waals surface area (Å²) in [6, 6.07) is 0. The Bertz CT molecular complexity index is 151. The van der Waals surface area contributed by atoms with Crippen molar-refractivity contribution in [1.29, 1.82) is 0 Å². The fourth-order valence-corrected chi connectivity index (χ4v) is 1.39. The number of aliphatic hydroxyl groups excluding tert-OH is 3. The van der Waals surface area contributed by atoms with E-state index < -0.39 is 24.6 Å². The van der Waals surface area contributed by atoms with Crippen molar-refractivity contribution in [2.45, 2.75) is 37.4 Å². The molecule has 1 fully saturated rings. The molecule has 13 heavy (non-hydrogen) atoms. The van der Waals surface area contributed by atoms with Gasteiger partial charge in [-0.1, -0.05) is 0 Å². The lowest BCUT2D eigenvalue weighted by atomic mass is 10.1. The molecule has 0 aliphatic carbocycles. The van der Waals surface area contributed by atoms with Crippen LogP contribution in [0.5, 0.6) is 0 Å². The van der Waals surface area contributed by atoms with Crippen molar-refractivity contribution in [2.24, 2.45) is 0 Å². The second-order valence-electron chi connectivity index (χ2n) is 3.16. The smallest absolute Gasteiger partial charge is 0.157 e. The van der Waals surface area contributed by atoms with Crippen LogP contribution in [0, 0.1) is 0 Å². The van der Waals surface area contributed by atoms with E-state index in [4.69, 9.17) is 14.6 Å². The van der Waals surface area contributed by atoms with E-state index in [1.54, 1.807) is 0 Å². The van der Waals surface area contributed by atoms with Crippen molar-refractivity contribution in [3.63, 3.8) is 0 Å². The maximum Gasteiger partial charge on any atom is 0.157 e. The monoisotopic (exact) mass is 192 g/mol. The van der Waals surface area contributed by atoms with E-state index in [2.05, 4.69) is 0 Å². The fourth-order valence-electron chi connectivity index (χ4n) is 1.39. The molecule has 3 N–H and O–H groups in total. The van der Waals surface area contributed by atoms with Crippen LogP contribution >= 0.6 is 0 Å². The van der Waals surface area contributed by atoms with Gasteiger partial charge in [-0.2, -0.15) is 0 Å². The molecule has 0 aromatic heterocycles. The van der Waals surface area contributed by atoms with Crippen molar-refractivity contribution >= 4 is 0 Å². The zero-order valence-corrected chi connectivity index (χ0v) is 7.59. The van der Waals surface area contributed by atoms with E-state index in [0.29, 0.717) is 12.8 Å². The van der Waals surface area contributed by atoms with Crippen LogP contribution in [0.3, 0.4) is 0 Å². The van der Waals surface area contributed by atoms with Crippen molar-refractivity contribution in [3.8, 4) is 0 Å². The van der Waals surface area contributed by atoms with Gasteiger partial charge in [-0.25, -0.2) is 0 Å². The third-order valence-electron chi connectivity index (χ3n) is 2.24. The molecular formula is C8H16O5. The van der Waals surface area contributed by atoms with Gasteiger partial charge < -0.3 is 24.8 Å². The minimum atomic E-state index is -1.04. The molecule has 5 heteroatoms. The molecule has 0 saturated carbocycles. The van der Waals surface area contributed by atoms with Crippen LogP contribution in [0.2, 0.25) is 0 Å². The lowest BCUT2D eigenvalue weighted by Crippen LogP contribution is -2.40. The highest BCUT2D eigenvalue weighted by atomic mass is 16.7. The third-order valence-corrected chi connectivity index (χ3v) is 2.24. The zero-order chi connectivity index (χ0) is 9.84. The van der Waals surface area contributed by atoms with E-state index in [0.717, 1.165) is 0 Å². The average Bonchev–Trinajstić information content (AvgIpc) is 2.29. The molecule has 5 nitrogen and oxygen atoms in total. The second-order valence-corrected chi connectivity index (χ2v) is 3.16. The molecule has 0 bridgehead atoms. The molecule has 0 unspecified atom stereocenters. The summed E-state index contributed by atoms with van der Waals surface area (Å²) in [5, 5.41) is 27.7. The van der Waals surface area contributed by atoms with Gasteiger partial charge in [-0.05, 0) is 6.42 Å².